The molecule has 3 aliphatic rings. The zero-order valence-corrected chi connectivity index (χ0v) is 18.6. The number of hydrogen-bond acceptors (Lipinski definition) is 8. The lowest BCUT2D eigenvalue weighted by Gasteiger charge is -2.39. The third-order valence-corrected chi connectivity index (χ3v) is 7.18. The molecular formula is C24H34N2O6. The first kappa shape index (κ1) is 21.9. The lowest BCUT2D eigenvalue weighted by Crippen LogP contribution is -2.49. The van der Waals surface area contributed by atoms with Crippen LogP contribution in [0.5, 0.6) is 11.6 Å². The van der Waals surface area contributed by atoms with Crippen LogP contribution < -0.4 is 9.47 Å². The molecule has 8 heteroatoms. The monoisotopic (exact) mass is 446 g/mol. The lowest BCUT2D eigenvalue weighted by molar-refractivity contribution is -0.0834. The van der Waals surface area contributed by atoms with Crippen LogP contribution in [0.25, 0.3) is 11.0 Å². The average molecular weight is 447 g/mol. The van der Waals surface area contributed by atoms with Crippen LogP contribution in [0.1, 0.15) is 44.9 Å². The van der Waals surface area contributed by atoms with Crippen LogP contribution in [-0.2, 0) is 4.74 Å². The van der Waals surface area contributed by atoms with E-state index in [9.17, 15) is 10.2 Å². The molecule has 32 heavy (non-hydrogen) atoms. The van der Waals surface area contributed by atoms with Crippen molar-refractivity contribution in [1.29, 1.82) is 0 Å². The van der Waals surface area contributed by atoms with E-state index >= 15 is 0 Å². The van der Waals surface area contributed by atoms with Crippen molar-refractivity contribution in [3.63, 3.8) is 0 Å². The molecule has 0 radical (unpaired) electrons. The number of piperidine rings is 1. The molecule has 0 amide bonds. The number of aliphatic hydroxyl groups excluding tert-OH is 1. The summed E-state index contributed by atoms with van der Waals surface area (Å²) in [5.74, 6) is 1.63. The normalized spacial score (nSPS) is 27.1. The second-order valence-corrected chi connectivity index (χ2v) is 9.69. The maximum Gasteiger partial charge on any atom is 0.265 e. The van der Waals surface area contributed by atoms with Gasteiger partial charge in [-0.1, -0.05) is 6.07 Å². The Morgan fingerprint density at radius 2 is 1.94 bits per heavy atom. The zero-order chi connectivity index (χ0) is 22.0. The highest BCUT2D eigenvalue weighted by Crippen LogP contribution is 2.36. The predicted octanol–water partition coefficient (Wildman–Crippen LogP) is 2.75. The fourth-order valence-electron chi connectivity index (χ4n) is 5.17. The first-order valence-electron chi connectivity index (χ1n) is 12.0. The molecular weight excluding hydrogens is 412 g/mol. The van der Waals surface area contributed by atoms with Crippen molar-refractivity contribution >= 4 is 11.0 Å². The highest BCUT2D eigenvalue weighted by Gasteiger charge is 2.33. The van der Waals surface area contributed by atoms with Crippen molar-refractivity contribution in [2.24, 2.45) is 5.92 Å². The average Bonchev–Trinajstić information content (AvgIpc) is 3.40. The fourth-order valence-corrected chi connectivity index (χ4v) is 5.17. The number of ether oxygens (including phenoxy) is 3. The highest BCUT2D eigenvalue weighted by atomic mass is 16.5. The highest BCUT2D eigenvalue weighted by molar-refractivity contribution is 5.88. The van der Waals surface area contributed by atoms with Crippen molar-refractivity contribution in [1.82, 2.24) is 10.1 Å². The Bertz CT molecular complexity index is 888. The Morgan fingerprint density at radius 3 is 2.69 bits per heavy atom. The van der Waals surface area contributed by atoms with Crippen molar-refractivity contribution < 1.29 is 28.9 Å². The van der Waals surface area contributed by atoms with Crippen LogP contribution >= 0.6 is 0 Å². The van der Waals surface area contributed by atoms with Gasteiger partial charge in [-0.05, 0) is 62.0 Å². The number of aliphatic hydroxyl groups is 2. The van der Waals surface area contributed by atoms with E-state index in [-0.39, 0.29) is 12.2 Å². The first-order chi connectivity index (χ1) is 15.6. The minimum absolute atomic E-state index is 0.00761. The smallest absolute Gasteiger partial charge is 0.265 e. The number of benzene rings is 1. The van der Waals surface area contributed by atoms with E-state index < -0.39 is 5.60 Å². The Kier molecular flexibility index (Phi) is 6.55. The van der Waals surface area contributed by atoms with Crippen LogP contribution in [0, 0.1) is 5.92 Å². The molecule has 3 heterocycles. The van der Waals surface area contributed by atoms with Crippen LogP contribution in [0.3, 0.4) is 0 Å². The Labute approximate surface area is 188 Å². The Morgan fingerprint density at radius 1 is 1.12 bits per heavy atom. The molecule has 8 nitrogen and oxygen atoms in total. The number of β-amino-alcohol motifs (C(OH)–C–C–N with tert-alkyl or cyclic N) is 1. The third kappa shape index (κ3) is 5.03. The van der Waals surface area contributed by atoms with Crippen molar-refractivity contribution in [2.75, 3.05) is 39.5 Å². The largest absolute Gasteiger partial charge is 0.489 e. The molecule has 3 fully saturated rings. The van der Waals surface area contributed by atoms with Gasteiger partial charge in [0.05, 0.1) is 18.3 Å². The van der Waals surface area contributed by atoms with Gasteiger partial charge in [0, 0.05) is 39.0 Å². The summed E-state index contributed by atoms with van der Waals surface area (Å²) in [4.78, 5) is 2.37. The fraction of sp³-hybridized carbons (Fsp3) is 0.708. The Balaban J connectivity index is 1.15. The van der Waals surface area contributed by atoms with E-state index in [0.29, 0.717) is 49.4 Å². The standard InChI is InChI=1S/C24H34N2O6/c27-18-4-5-19(14-18)31-20-2-1-3-21-22(20)23(25-32-21)30-15-17-6-10-26(11-7-17)16-24(28)8-12-29-13-9-24/h1-3,17-19,27-28H,4-16H2/t18-,19-/m0/s1. The van der Waals surface area contributed by atoms with Crippen LogP contribution in [-0.4, -0.2) is 77.5 Å². The molecule has 5 rings (SSSR count). The van der Waals surface area contributed by atoms with Gasteiger partial charge < -0.3 is 33.8 Å². The maximum absolute atomic E-state index is 10.8. The maximum atomic E-state index is 10.8. The lowest BCUT2D eigenvalue weighted by atomic mass is 9.91. The molecule has 1 aromatic heterocycles. The summed E-state index contributed by atoms with van der Waals surface area (Å²) in [6, 6.07) is 5.67. The molecule has 2 aromatic rings. The summed E-state index contributed by atoms with van der Waals surface area (Å²) in [7, 11) is 0. The number of fused-ring (bicyclic) bond motifs is 1. The van der Waals surface area contributed by atoms with Crippen molar-refractivity contribution in [3.05, 3.63) is 18.2 Å². The molecule has 2 saturated heterocycles. The summed E-state index contributed by atoms with van der Waals surface area (Å²) < 4.78 is 23.1. The minimum Gasteiger partial charge on any atom is -0.489 e. The summed E-state index contributed by atoms with van der Waals surface area (Å²) >= 11 is 0. The topological polar surface area (TPSA) is 97.4 Å². The summed E-state index contributed by atoms with van der Waals surface area (Å²) in [6.07, 6.45) is 5.51. The molecule has 1 aromatic carbocycles. The molecule has 1 saturated carbocycles. The zero-order valence-electron chi connectivity index (χ0n) is 18.6. The van der Waals surface area contributed by atoms with Gasteiger partial charge >= 0.3 is 0 Å². The summed E-state index contributed by atoms with van der Waals surface area (Å²) in [5, 5.41) is 25.5. The van der Waals surface area contributed by atoms with Gasteiger partial charge in [0.1, 0.15) is 17.2 Å². The number of aromatic nitrogens is 1. The molecule has 2 aliphatic heterocycles. The van der Waals surface area contributed by atoms with Crippen molar-refractivity contribution in [3.8, 4) is 11.6 Å². The van der Waals surface area contributed by atoms with E-state index in [2.05, 4.69) is 10.1 Å². The van der Waals surface area contributed by atoms with Gasteiger partial charge in [0.2, 0.25) is 0 Å². The van der Waals surface area contributed by atoms with Crippen LogP contribution in [0.15, 0.2) is 22.7 Å². The van der Waals surface area contributed by atoms with Crippen molar-refractivity contribution in [2.45, 2.75) is 62.8 Å². The molecule has 0 bridgehead atoms. The van der Waals surface area contributed by atoms with Gasteiger partial charge in [-0.25, -0.2) is 0 Å². The van der Waals surface area contributed by atoms with Gasteiger partial charge in [0.25, 0.3) is 5.88 Å². The van der Waals surface area contributed by atoms with E-state index in [1.807, 2.05) is 18.2 Å². The number of hydrogen-bond donors (Lipinski definition) is 2. The third-order valence-electron chi connectivity index (χ3n) is 7.18. The van der Waals surface area contributed by atoms with Gasteiger partial charge in [-0.15, -0.1) is 0 Å². The molecule has 176 valence electrons. The van der Waals surface area contributed by atoms with Crippen LogP contribution in [0.4, 0.5) is 0 Å². The molecule has 0 spiro atoms. The van der Waals surface area contributed by atoms with E-state index in [4.69, 9.17) is 18.7 Å². The van der Waals surface area contributed by atoms with Crippen LogP contribution in [0.2, 0.25) is 0 Å². The van der Waals surface area contributed by atoms with Gasteiger partial charge in [-0.3, -0.25) is 0 Å². The van der Waals surface area contributed by atoms with E-state index in [1.54, 1.807) is 0 Å². The number of nitrogens with zero attached hydrogens (tertiary/aromatic N) is 2. The Hall–Kier alpha value is -1.87. The molecule has 2 N–H and O–H groups in total. The quantitative estimate of drug-likeness (QED) is 0.670. The minimum atomic E-state index is -0.604. The molecule has 1 aliphatic carbocycles. The summed E-state index contributed by atoms with van der Waals surface area (Å²) in [5.41, 5.74) is 0.0445. The van der Waals surface area contributed by atoms with E-state index in [1.165, 1.54) is 0 Å². The molecule has 0 unspecified atom stereocenters. The van der Waals surface area contributed by atoms with Gasteiger partial charge in [-0.2, -0.15) is 0 Å². The number of likely N-dealkylation sites (tertiary alicyclic amines) is 1. The van der Waals surface area contributed by atoms with E-state index in [0.717, 1.165) is 63.5 Å². The summed E-state index contributed by atoms with van der Waals surface area (Å²) in [6.45, 7) is 4.56. The predicted molar refractivity (Wildman–Crippen MR) is 118 cm³/mol. The SMILES string of the molecule is O[C@H]1CC[C@H](Oc2cccc3onc(OCC4CCN(CC5(O)CCOCC5)CC4)c23)C1. The number of rotatable bonds is 7. The second kappa shape index (κ2) is 9.55. The second-order valence-electron chi connectivity index (χ2n) is 9.69. The van der Waals surface area contributed by atoms with Gasteiger partial charge in [0.15, 0.2) is 5.58 Å². The first-order valence-corrected chi connectivity index (χ1v) is 12.0. The molecule has 2 atom stereocenters.